The van der Waals surface area contributed by atoms with Crippen LogP contribution in [0.1, 0.15) is 5.56 Å². The van der Waals surface area contributed by atoms with Crippen LogP contribution >= 0.6 is 0 Å². The molecule has 0 unspecified atom stereocenters. The SMILES string of the molecule is O=c1c2ccccc2ncn1Cc1cccc(S(=O)(=O)N2CCOCC2)c1. The number of rotatable bonds is 4. The zero-order chi connectivity index (χ0) is 18.9. The molecule has 140 valence electrons. The van der Waals surface area contributed by atoms with E-state index in [2.05, 4.69) is 4.98 Å². The van der Waals surface area contributed by atoms with Gasteiger partial charge in [-0.3, -0.25) is 9.36 Å². The number of sulfonamides is 1. The summed E-state index contributed by atoms with van der Waals surface area (Å²) in [5.41, 5.74) is 1.22. The Morgan fingerprint density at radius 3 is 2.63 bits per heavy atom. The molecule has 8 heteroatoms. The standard InChI is InChI=1S/C19H19N3O4S/c23-19-17-6-1-2-7-18(17)20-14-21(19)13-15-4-3-5-16(12-15)27(24,25)22-8-10-26-11-9-22/h1-7,12,14H,8-11,13H2. The molecular weight excluding hydrogens is 366 g/mol. The van der Waals surface area contributed by atoms with Gasteiger partial charge in [0.05, 0.1) is 41.9 Å². The van der Waals surface area contributed by atoms with Gasteiger partial charge in [-0.05, 0) is 29.8 Å². The van der Waals surface area contributed by atoms with Crippen LogP contribution in [0, 0.1) is 0 Å². The van der Waals surface area contributed by atoms with Crippen molar-refractivity contribution >= 4 is 20.9 Å². The lowest BCUT2D eigenvalue weighted by molar-refractivity contribution is 0.0730. The van der Waals surface area contributed by atoms with E-state index in [4.69, 9.17) is 4.74 Å². The molecule has 1 aromatic heterocycles. The number of hydrogen-bond acceptors (Lipinski definition) is 5. The first-order valence-electron chi connectivity index (χ1n) is 8.67. The van der Waals surface area contributed by atoms with Gasteiger partial charge in [-0.15, -0.1) is 0 Å². The summed E-state index contributed by atoms with van der Waals surface area (Å²) in [6.07, 6.45) is 1.49. The minimum absolute atomic E-state index is 0.151. The second-order valence-electron chi connectivity index (χ2n) is 6.36. The van der Waals surface area contributed by atoms with Crippen molar-refractivity contribution in [2.24, 2.45) is 0 Å². The zero-order valence-electron chi connectivity index (χ0n) is 14.6. The van der Waals surface area contributed by atoms with Gasteiger partial charge in [-0.1, -0.05) is 24.3 Å². The van der Waals surface area contributed by atoms with E-state index < -0.39 is 10.0 Å². The van der Waals surface area contributed by atoms with E-state index in [0.29, 0.717) is 37.2 Å². The quantitative estimate of drug-likeness (QED) is 0.679. The number of benzene rings is 2. The molecule has 0 radical (unpaired) electrons. The highest BCUT2D eigenvalue weighted by Crippen LogP contribution is 2.19. The van der Waals surface area contributed by atoms with Crippen LogP contribution in [0.25, 0.3) is 10.9 Å². The zero-order valence-corrected chi connectivity index (χ0v) is 15.4. The average molecular weight is 385 g/mol. The van der Waals surface area contributed by atoms with Crippen molar-refractivity contribution in [1.29, 1.82) is 0 Å². The Bertz CT molecular complexity index is 1130. The minimum atomic E-state index is -3.57. The largest absolute Gasteiger partial charge is 0.379 e. The van der Waals surface area contributed by atoms with Gasteiger partial charge in [0.15, 0.2) is 0 Å². The molecule has 1 saturated heterocycles. The molecule has 0 spiro atoms. The maximum atomic E-state index is 12.8. The van der Waals surface area contributed by atoms with Crippen molar-refractivity contribution in [2.45, 2.75) is 11.4 Å². The molecule has 1 fully saturated rings. The van der Waals surface area contributed by atoms with Crippen LogP contribution in [-0.4, -0.2) is 48.6 Å². The number of para-hydroxylation sites is 1. The molecule has 27 heavy (non-hydrogen) atoms. The smallest absolute Gasteiger partial charge is 0.261 e. The van der Waals surface area contributed by atoms with E-state index in [0.717, 1.165) is 5.56 Å². The maximum absolute atomic E-state index is 12.8. The van der Waals surface area contributed by atoms with Crippen LogP contribution < -0.4 is 5.56 Å². The van der Waals surface area contributed by atoms with E-state index in [1.165, 1.54) is 15.2 Å². The molecule has 7 nitrogen and oxygen atoms in total. The van der Waals surface area contributed by atoms with Crippen LogP contribution in [-0.2, 0) is 21.3 Å². The van der Waals surface area contributed by atoms with Crippen molar-refractivity contribution < 1.29 is 13.2 Å². The lowest BCUT2D eigenvalue weighted by atomic mass is 10.2. The van der Waals surface area contributed by atoms with Gasteiger partial charge in [0.25, 0.3) is 5.56 Å². The van der Waals surface area contributed by atoms with Crippen molar-refractivity contribution in [3.8, 4) is 0 Å². The molecule has 3 aromatic rings. The Hall–Kier alpha value is -2.55. The van der Waals surface area contributed by atoms with Gasteiger partial charge in [0.2, 0.25) is 10.0 Å². The third-order valence-electron chi connectivity index (χ3n) is 4.59. The Balaban J connectivity index is 1.65. The number of ether oxygens (including phenoxy) is 1. The third kappa shape index (κ3) is 3.51. The summed E-state index contributed by atoms with van der Waals surface area (Å²) in [5.74, 6) is 0. The first-order valence-corrected chi connectivity index (χ1v) is 10.1. The molecule has 2 aromatic carbocycles. The summed E-state index contributed by atoms with van der Waals surface area (Å²) in [6, 6.07) is 13.9. The second kappa shape index (κ2) is 7.22. The van der Waals surface area contributed by atoms with E-state index in [1.54, 1.807) is 42.5 Å². The topological polar surface area (TPSA) is 81.5 Å². The molecule has 0 aliphatic carbocycles. The molecule has 0 N–H and O–H groups in total. The summed E-state index contributed by atoms with van der Waals surface area (Å²) in [7, 11) is -3.57. The average Bonchev–Trinajstić information content (AvgIpc) is 2.71. The monoisotopic (exact) mass is 385 g/mol. The summed E-state index contributed by atoms with van der Waals surface area (Å²) in [4.78, 5) is 17.2. The predicted octanol–water partition coefficient (Wildman–Crippen LogP) is 1.47. The fourth-order valence-corrected chi connectivity index (χ4v) is 4.63. The van der Waals surface area contributed by atoms with Crippen LogP contribution in [0.2, 0.25) is 0 Å². The highest BCUT2D eigenvalue weighted by Gasteiger charge is 2.26. The van der Waals surface area contributed by atoms with E-state index in [1.807, 2.05) is 6.07 Å². The predicted molar refractivity (Wildman–Crippen MR) is 101 cm³/mol. The minimum Gasteiger partial charge on any atom is -0.379 e. The Morgan fingerprint density at radius 1 is 1.04 bits per heavy atom. The van der Waals surface area contributed by atoms with Crippen LogP contribution in [0.5, 0.6) is 0 Å². The Kier molecular flexibility index (Phi) is 4.77. The molecular formula is C19H19N3O4S. The first kappa shape index (κ1) is 17.8. The lowest BCUT2D eigenvalue weighted by Crippen LogP contribution is -2.40. The summed E-state index contributed by atoms with van der Waals surface area (Å²) >= 11 is 0. The van der Waals surface area contributed by atoms with Gasteiger partial charge in [0, 0.05) is 13.1 Å². The summed E-state index contributed by atoms with van der Waals surface area (Å²) in [6.45, 7) is 1.75. The van der Waals surface area contributed by atoms with Crippen molar-refractivity contribution in [3.05, 3.63) is 70.8 Å². The number of hydrogen-bond donors (Lipinski definition) is 0. The maximum Gasteiger partial charge on any atom is 0.261 e. The molecule has 4 rings (SSSR count). The fourth-order valence-electron chi connectivity index (χ4n) is 3.16. The number of fused-ring (bicyclic) bond motifs is 1. The highest BCUT2D eigenvalue weighted by molar-refractivity contribution is 7.89. The molecule has 0 atom stereocenters. The molecule has 1 aliphatic heterocycles. The van der Waals surface area contributed by atoms with Gasteiger partial charge >= 0.3 is 0 Å². The number of nitrogens with zero attached hydrogens (tertiary/aromatic N) is 3. The Morgan fingerprint density at radius 2 is 1.81 bits per heavy atom. The van der Waals surface area contributed by atoms with Crippen molar-refractivity contribution in [1.82, 2.24) is 13.9 Å². The van der Waals surface area contributed by atoms with Gasteiger partial charge in [-0.2, -0.15) is 4.31 Å². The second-order valence-corrected chi connectivity index (χ2v) is 8.30. The summed E-state index contributed by atoms with van der Waals surface area (Å²) in [5, 5.41) is 0.539. The first-order chi connectivity index (χ1) is 13.1. The van der Waals surface area contributed by atoms with Crippen molar-refractivity contribution in [2.75, 3.05) is 26.3 Å². The molecule has 0 bridgehead atoms. The number of morpholine rings is 1. The molecule has 2 heterocycles. The molecule has 0 amide bonds. The van der Waals surface area contributed by atoms with Crippen LogP contribution in [0.3, 0.4) is 0 Å². The third-order valence-corrected chi connectivity index (χ3v) is 6.49. The highest BCUT2D eigenvalue weighted by atomic mass is 32.2. The normalized spacial score (nSPS) is 15.9. The molecule has 1 aliphatic rings. The van der Waals surface area contributed by atoms with Crippen molar-refractivity contribution in [3.63, 3.8) is 0 Å². The fraction of sp³-hybridized carbons (Fsp3) is 0.263. The van der Waals surface area contributed by atoms with Gasteiger partial charge in [-0.25, -0.2) is 13.4 Å². The van der Waals surface area contributed by atoms with E-state index in [-0.39, 0.29) is 17.0 Å². The Labute approximate surface area is 156 Å². The van der Waals surface area contributed by atoms with E-state index in [9.17, 15) is 13.2 Å². The lowest BCUT2D eigenvalue weighted by Gasteiger charge is -2.26. The van der Waals surface area contributed by atoms with E-state index >= 15 is 0 Å². The number of aromatic nitrogens is 2. The molecule has 0 saturated carbocycles. The summed E-state index contributed by atoms with van der Waals surface area (Å²) < 4.78 is 33.8. The van der Waals surface area contributed by atoms with Crippen LogP contribution in [0.15, 0.2) is 64.5 Å². The van der Waals surface area contributed by atoms with Crippen LogP contribution in [0.4, 0.5) is 0 Å². The van der Waals surface area contributed by atoms with Gasteiger partial charge < -0.3 is 4.74 Å². The van der Waals surface area contributed by atoms with Gasteiger partial charge in [0.1, 0.15) is 0 Å².